The SMILES string of the molecule is O=C(O)C1CCCN(C(=O)OCCl)C1. The first kappa shape index (κ1) is 11.1. The van der Waals surface area contributed by atoms with Crippen molar-refractivity contribution in [1.29, 1.82) is 0 Å². The number of ether oxygens (including phenoxy) is 1. The number of hydrogen-bond acceptors (Lipinski definition) is 3. The number of piperidine rings is 1. The molecule has 1 saturated heterocycles. The van der Waals surface area contributed by atoms with Crippen LogP contribution in [0.2, 0.25) is 0 Å². The largest absolute Gasteiger partial charge is 0.481 e. The smallest absolute Gasteiger partial charge is 0.410 e. The lowest BCUT2D eigenvalue weighted by molar-refractivity contribution is -0.143. The Kier molecular flexibility index (Phi) is 4.00. The van der Waals surface area contributed by atoms with Gasteiger partial charge in [-0.3, -0.25) is 4.79 Å². The molecular formula is C8H12ClNO4. The minimum absolute atomic E-state index is 0.201. The zero-order valence-electron chi connectivity index (χ0n) is 7.61. The van der Waals surface area contributed by atoms with Gasteiger partial charge in [-0.05, 0) is 12.8 Å². The molecule has 1 fully saturated rings. The summed E-state index contributed by atoms with van der Waals surface area (Å²) in [6, 6.07) is -0.201. The molecule has 5 nitrogen and oxygen atoms in total. The van der Waals surface area contributed by atoms with Crippen molar-refractivity contribution in [3.05, 3.63) is 0 Å². The second-order valence-electron chi connectivity index (χ2n) is 3.14. The number of alkyl halides is 1. The van der Waals surface area contributed by atoms with Crippen molar-refractivity contribution in [2.45, 2.75) is 12.8 Å². The van der Waals surface area contributed by atoms with Gasteiger partial charge in [-0.2, -0.15) is 0 Å². The molecule has 0 saturated carbocycles. The van der Waals surface area contributed by atoms with E-state index in [-0.39, 0.29) is 12.6 Å². The Balaban J connectivity index is 2.47. The summed E-state index contributed by atoms with van der Waals surface area (Å²) in [6.07, 6.45) is 0.764. The summed E-state index contributed by atoms with van der Waals surface area (Å²) in [5.41, 5.74) is 0. The van der Waals surface area contributed by atoms with E-state index >= 15 is 0 Å². The molecule has 1 unspecified atom stereocenters. The molecule has 1 heterocycles. The van der Waals surface area contributed by atoms with Crippen LogP contribution in [0.5, 0.6) is 0 Å². The van der Waals surface area contributed by atoms with E-state index in [0.717, 1.165) is 0 Å². The number of carboxylic acids is 1. The van der Waals surface area contributed by atoms with Crippen molar-refractivity contribution >= 4 is 23.7 Å². The monoisotopic (exact) mass is 221 g/mol. The Morgan fingerprint density at radius 1 is 1.57 bits per heavy atom. The van der Waals surface area contributed by atoms with Crippen LogP contribution in [0.25, 0.3) is 0 Å². The van der Waals surface area contributed by atoms with Gasteiger partial charge in [-0.1, -0.05) is 11.6 Å². The van der Waals surface area contributed by atoms with Gasteiger partial charge in [-0.15, -0.1) is 0 Å². The van der Waals surface area contributed by atoms with E-state index in [1.54, 1.807) is 0 Å². The summed E-state index contributed by atoms with van der Waals surface area (Å²) in [6.45, 7) is 0.755. The van der Waals surface area contributed by atoms with Gasteiger partial charge >= 0.3 is 12.1 Å². The standard InChI is InChI=1S/C8H12ClNO4/c9-5-14-8(13)10-3-1-2-6(4-10)7(11)12/h6H,1-5H2,(H,11,12). The zero-order valence-corrected chi connectivity index (χ0v) is 8.37. The maximum atomic E-state index is 11.2. The van der Waals surface area contributed by atoms with Gasteiger partial charge in [0.2, 0.25) is 0 Å². The van der Waals surface area contributed by atoms with E-state index in [9.17, 15) is 9.59 Å². The highest BCUT2D eigenvalue weighted by atomic mass is 35.5. The number of carbonyl (C=O) groups excluding carboxylic acids is 1. The average Bonchev–Trinajstić information content (AvgIpc) is 2.18. The molecule has 0 aromatic carbocycles. The number of halogens is 1. The Labute approximate surface area is 86.6 Å². The maximum Gasteiger partial charge on any atom is 0.410 e. The number of rotatable bonds is 2. The minimum Gasteiger partial charge on any atom is -0.481 e. The predicted molar refractivity (Wildman–Crippen MR) is 49.1 cm³/mol. The minimum atomic E-state index is -0.867. The van der Waals surface area contributed by atoms with Gasteiger partial charge in [0.15, 0.2) is 6.07 Å². The normalized spacial score (nSPS) is 21.8. The Hall–Kier alpha value is -0.970. The van der Waals surface area contributed by atoms with Crippen molar-refractivity contribution in [3.8, 4) is 0 Å². The molecule has 1 amide bonds. The van der Waals surface area contributed by atoms with Gasteiger partial charge < -0.3 is 14.7 Å². The van der Waals surface area contributed by atoms with Crippen molar-refractivity contribution in [2.24, 2.45) is 5.92 Å². The van der Waals surface area contributed by atoms with Crippen LogP contribution >= 0.6 is 11.6 Å². The second-order valence-corrected chi connectivity index (χ2v) is 3.36. The Morgan fingerprint density at radius 2 is 2.29 bits per heavy atom. The van der Waals surface area contributed by atoms with Crippen molar-refractivity contribution < 1.29 is 19.4 Å². The van der Waals surface area contributed by atoms with Gasteiger partial charge in [0.25, 0.3) is 0 Å². The average molecular weight is 222 g/mol. The number of carboxylic acid groups (broad SMARTS) is 1. The van der Waals surface area contributed by atoms with Crippen LogP contribution < -0.4 is 0 Å². The van der Waals surface area contributed by atoms with Crippen molar-refractivity contribution in [3.63, 3.8) is 0 Å². The lowest BCUT2D eigenvalue weighted by Crippen LogP contribution is -2.42. The molecule has 1 N–H and O–H groups in total. The van der Waals surface area contributed by atoms with Gasteiger partial charge in [0.1, 0.15) is 0 Å². The predicted octanol–water partition coefficient (Wildman–Crippen LogP) is 1.12. The molecule has 0 spiro atoms. The third kappa shape index (κ3) is 2.77. The van der Waals surface area contributed by atoms with Crippen LogP contribution in [0, 0.1) is 5.92 Å². The van der Waals surface area contributed by atoms with E-state index in [4.69, 9.17) is 16.7 Å². The molecule has 80 valence electrons. The number of likely N-dealkylation sites (tertiary alicyclic amines) is 1. The van der Waals surface area contributed by atoms with Gasteiger partial charge in [0.05, 0.1) is 5.92 Å². The fraction of sp³-hybridized carbons (Fsp3) is 0.750. The quantitative estimate of drug-likeness (QED) is 0.710. The highest BCUT2D eigenvalue weighted by molar-refractivity contribution is 6.17. The van der Waals surface area contributed by atoms with E-state index < -0.39 is 18.0 Å². The molecule has 1 atom stereocenters. The topological polar surface area (TPSA) is 66.8 Å². The molecule has 6 heteroatoms. The summed E-state index contributed by atoms with van der Waals surface area (Å²) in [5.74, 6) is -1.35. The number of amides is 1. The fourth-order valence-electron chi connectivity index (χ4n) is 1.48. The first-order valence-electron chi connectivity index (χ1n) is 4.35. The van der Waals surface area contributed by atoms with Crippen molar-refractivity contribution in [2.75, 3.05) is 19.2 Å². The summed E-state index contributed by atoms with van der Waals surface area (Å²) in [5, 5.41) is 8.76. The first-order valence-corrected chi connectivity index (χ1v) is 4.89. The van der Waals surface area contributed by atoms with Crippen LogP contribution in [-0.2, 0) is 9.53 Å². The third-order valence-electron chi connectivity index (χ3n) is 2.21. The summed E-state index contributed by atoms with van der Waals surface area (Å²) in [7, 11) is 0. The van der Waals surface area contributed by atoms with E-state index in [1.807, 2.05) is 0 Å². The molecule has 0 aliphatic carbocycles. The molecule has 0 radical (unpaired) electrons. The first-order chi connectivity index (χ1) is 6.65. The number of carbonyl (C=O) groups is 2. The van der Waals surface area contributed by atoms with Crippen LogP contribution in [0.4, 0.5) is 4.79 Å². The Morgan fingerprint density at radius 3 is 2.86 bits per heavy atom. The second kappa shape index (κ2) is 5.05. The van der Waals surface area contributed by atoms with Gasteiger partial charge in [-0.25, -0.2) is 4.79 Å². The summed E-state index contributed by atoms with van der Waals surface area (Å²) >= 11 is 5.23. The molecule has 1 rings (SSSR count). The van der Waals surface area contributed by atoms with Crippen LogP contribution in [-0.4, -0.2) is 41.2 Å². The highest BCUT2D eigenvalue weighted by Crippen LogP contribution is 2.17. The summed E-state index contributed by atoms with van der Waals surface area (Å²) < 4.78 is 4.57. The summed E-state index contributed by atoms with van der Waals surface area (Å²) in [4.78, 5) is 23.2. The highest BCUT2D eigenvalue weighted by Gasteiger charge is 2.28. The van der Waals surface area contributed by atoms with E-state index in [1.165, 1.54) is 4.90 Å². The van der Waals surface area contributed by atoms with Gasteiger partial charge in [0, 0.05) is 13.1 Å². The molecule has 14 heavy (non-hydrogen) atoms. The van der Waals surface area contributed by atoms with Crippen molar-refractivity contribution in [1.82, 2.24) is 4.90 Å². The molecule has 0 aromatic heterocycles. The van der Waals surface area contributed by atoms with E-state index in [2.05, 4.69) is 4.74 Å². The molecular weight excluding hydrogens is 210 g/mol. The lowest BCUT2D eigenvalue weighted by Gasteiger charge is -2.29. The molecule has 0 aromatic rings. The molecule has 1 aliphatic heterocycles. The maximum absolute atomic E-state index is 11.2. The molecule has 0 bridgehead atoms. The fourth-order valence-corrected chi connectivity index (χ4v) is 1.58. The van der Waals surface area contributed by atoms with Crippen LogP contribution in [0.1, 0.15) is 12.8 Å². The molecule has 1 aliphatic rings. The third-order valence-corrected chi connectivity index (χ3v) is 2.32. The zero-order chi connectivity index (χ0) is 10.6. The number of aliphatic carboxylic acids is 1. The number of hydrogen-bond donors (Lipinski definition) is 1. The lowest BCUT2D eigenvalue weighted by atomic mass is 9.99. The van der Waals surface area contributed by atoms with E-state index in [0.29, 0.717) is 19.4 Å². The van der Waals surface area contributed by atoms with Crippen LogP contribution in [0.15, 0.2) is 0 Å². The van der Waals surface area contributed by atoms with Crippen LogP contribution in [0.3, 0.4) is 0 Å². The number of nitrogens with zero attached hydrogens (tertiary/aromatic N) is 1. The Bertz CT molecular complexity index is 233.